The Bertz CT molecular complexity index is 621. The van der Waals surface area contributed by atoms with E-state index in [1.54, 1.807) is 0 Å². The van der Waals surface area contributed by atoms with Gasteiger partial charge in [-0.2, -0.15) is 0 Å². The first-order chi connectivity index (χ1) is 10.1. The molecule has 6 heteroatoms. The normalized spacial score (nSPS) is 10.0. The number of aromatic nitrogens is 2. The molecule has 0 fully saturated rings. The van der Waals surface area contributed by atoms with Crippen molar-refractivity contribution in [2.45, 2.75) is 20.8 Å². The van der Waals surface area contributed by atoms with E-state index >= 15 is 0 Å². The summed E-state index contributed by atoms with van der Waals surface area (Å²) < 4.78 is 0. The van der Waals surface area contributed by atoms with Crippen LogP contribution < -0.4 is 16.0 Å². The van der Waals surface area contributed by atoms with Gasteiger partial charge in [-0.25, -0.2) is 9.97 Å². The maximum Gasteiger partial charge on any atom is 0.227 e. The molecule has 2 rings (SSSR count). The zero-order valence-electron chi connectivity index (χ0n) is 12.4. The molecule has 3 N–H and O–H groups in total. The van der Waals surface area contributed by atoms with Gasteiger partial charge in [0.25, 0.3) is 0 Å². The van der Waals surface area contributed by atoms with Crippen LogP contribution in [0, 0.1) is 13.8 Å². The van der Waals surface area contributed by atoms with Crippen molar-refractivity contribution in [3.8, 4) is 0 Å². The van der Waals surface area contributed by atoms with Crippen molar-refractivity contribution >= 4 is 34.7 Å². The van der Waals surface area contributed by atoms with Gasteiger partial charge in [-0.3, -0.25) is 0 Å². The molecule has 0 saturated heterocycles. The summed E-state index contributed by atoms with van der Waals surface area (Å²) in [4.78, 5) is 8.74. The largest absolute Gasteiger partial charge is 0.363 e. The van der Waals surface area contributed by atoms with Gasteiger partial charge >= 0.3 is 0 Å². The van der Waals surface area contributed by atoms with E-state index in [9.17, 15) is 0 Å². The Morgan fingerprint density at radius 3 is 2.43 bits per heavy atom. The highest BCUT2D eigenvalue weighted by Crippen LogP contribution is 2.18. The van der Waals surface area contributed by atoms with Crippen LogP contribution in [0.2, 0.25) is 0 Å². The Kier molecular flexibility index (Phi) is 5.05. The van der Waals surface area contributed by atoms with Gasteiger partial charge in [0.2, 0.25) is 5.95 Å². The van der Waals surface area contributed by atoms with E-state index in [2.05, 4.69) is 25.9 Å². The highest BCUT2D eigenvalue weighted by atomic mass is 32.1. The average molecular weight is 301 g/mol. The second-order valence-corrected chi connectivity index (χ2v) is 5.07. The number of nitrogens with one attached hydrogen (secondary N) is 3. The molecule has 0 amide bonds. The SMILES string of the molecule is CCNC(=S)Nc1cccc(Nc2nc(C)cc(C)n2)c1. The fourth-order valence-corrected chi connectivity index (χ4v) is 2.18. The standard InChI is InChI=1S/C15H19N5S/c1-4-16-15(21)20-13-7-5-6-12(9-13)19-14-17-10(2)8-11(3)18-14/h5-9H,4H2,1-3H3,(H2,16,20,21)(H,17,18,19). The molecule has 0 aliphatic carbocycles. The minimum absolute atomic E-state index is 0.596. The number of thiocarbonyl (C=S) groups is 1. The number of hydrogen-bond acceptors (Lipinski definition) is 4. The van der Waals surface area contributed by atoms with E-state index < -0.39 is 0 Å². The highest BCUT2D eigenvalue weighted by Gasteiger charge is 2.02. The van der Waals surface area contributed by atoms with Crippen LogP contribution in [0.15, 0.2) is 30.3 Å². The fourth-order valence-electron chi connectivity index (χ4n) is 1.92. The molecule has 0 atom stereocenters. The minimum Gasteiger partial charge on any atom is -0.363 e. The van der Waals surface area contributed by atoms with E-state index in [0.717, 1.165) is 29.3 Å². The van der Waals surface area contributed by atoms with Crippen LogP contribution in [0.1, 0.15) is 18.3 Å². The van der Waals surface area contributed by atoms with Crippen LogP contribution in [-0.4, -0.2) is 21.6 Å². The van der Waals surface area contributed by atoms with Crippen molar-refractivity contribution in [1.82, 2.24) is 15.3 Å². The van der Waals surface area contributed by atoms with Crippen LogP contribution in [0.4, 0.5) is 17.3 Å². The first-order valence-electron chi connectivity index (χ1n) is 6.81. The van der Waals surface area contributed by atoms with Crippen LogP contribution >= 0.6 is 12.2 Å². The van der Waals surface area contributed by atoms with Crippen LogP contribution in [0.25, 0.3) is 0 Å². The van der Waals surface area contributed by atoms with Gasteiger partial charge in [-0.1, -0.05) is 6.07 Å². The highest BCUT2D eigenvalue weighted by molar-refractivity contribution is 7.80. The number of hydrogen-bond donors (Lipinski definition) is 3. The van der Waals surface area contributed by atoms with Gasteiger partial charge < -0.3 is 16.0 Å². The molecule has 0 saturated carbocycles. The number of rotatable bonds is 4. The third kappa shape index (κ3) is 4.68. The molecule has 0 bridgehead atoms. The van der Waals surface area contributed by atoms with Crippen LogP contribution in [0.3, 0.4) is 0 Å². The molecule has 0 aliphatic rings. The number of nitrogens with zero attached hydrogens (tertiary/aromatic N) is 2. The van der Waals surface area contributed by atoms with E-state index in [-0.39, 0.29) is 0 Å². The van der Waals surface area contributed by atoms with Gasteiger partial charge in [0, 0.05) is 29.3 Å². The van der Waals surface area contributed by atoms with Crippen molar-refractivity contribution in [3.63, 3.8) is 0 Å². The molecular formula is C15H19N5S. The van der Waals surface area contributed by atoms with Crippen molar-refractivity contribution in [2.75, 3.05) is 17.2 Å². The Morgan fingerprint density at radius 1 is 1.10 bits per heavy atom. The molecule has 0 radical (unpaired) electrons. The zero-order chi connectivity index (χ0) is 15.2. The van der Waals surface area contributed by atoms with Crippen LogP contribution in [-0.2, 0) is 0 Å². The molecule has 110 valence electrons. The number of aryl methyl sites for hydroxylation is 2. The first kappa shape index (κ1) is 15.2. The molecule has 21 heavy (non-hydrogen) atoms. The Labute approximate surface area is 130 Å². The summed E-state index contributed by atoms with van der Waals surface area (Å²) in [6.45, 7) is 6.70. The number of benzene rings is 1. The topological polar surface area (TPSA) is 61.9 Å². The monoisotopic (exact) mass is 301 g/mol. The zero-order valence-corrected chi connectivity index (χ0v) is 13.2. The lowest BCUT2D eigenvalue weighted by Gasteiger charge is -2.11. The molecule has 2 aromatic rings. The van der Waals surface area contributed by atoms with Crippen molar-refractivity contribution in [2.24, 2.45) is 0 Å². The average Bonchev–Trinajstić information content (AvgIpc) is 2.37. The Balaban J connectivity index is 2.12. The maximum atomic E-state index is 5.18. The summed E-state index contributed by atoms with van der Waals surface area (Å²) >= 11 is 5.18. The Morgan fingerprint density at radius 2 is 1.76 bits per heavy atom. The molecule has 0 aliphatic heterocycles. The summed E-state index contributed by atoms with van der Waals surface area (Å²) in [5, 5.41) is 10.00. The van der Waals surface area contributed by atoms with Crippen molar-refractivity contribution < 1.29 is 0 Å². The molecule has 1 heterocycles. The lowest BCUT2D eigenvalue weighted by atomic mass is 10.3. The molecular weight excluding hydrogens is 282 g/mol. The van der Waals surface area contributed by atoms with Gasteiger partial charge in [-0.05, 0) is 57.3 Å². The summed E-state index contributed by atoms with van der Waals surface area (Å²) in [5.41, 5.74) is 3.69. The second-order valence-electron chi connectivity index (χ2n) is 4.66. The summed E-state index contributed by atoms with van der Waals surface area (Å²) in [6, 6.07) is 9.77. The molecule has 0 unspecified atom stereocenters. The predicted molar refractivity (Wildman–Crippen MR) is 91.1 cm³/mol. The third-order valence-electron chi connectivity index (χ3n) is 2.70. The molecule has 5 nitrogen and oxygen atoms in total. The smallest absolute Gasteiger partial charge is 0.227 e. The number of anilines is 3. The van der Waals surface area contributed by atoms with E-state index in [1.165, 1.54) is 0 Å². The molecule has 1 aromatic carbocycles. The van der Waals surface area contributed by atoms with Gasteiger partial charge in [-0.15, -0.1) is 0 Å². The summed E-state index contributed by atoms with van der Waals surface area (Å²) in [5.74, 6) is 0.596. The van der Waals surface area contributed by atoms with Crippen molar-refractivity contribution in [3.05, 3.63) is 41.7 Å². The van der Waals surface area contributed by atoms with E-state index in [0.29, 0.717) is 11.1 Å². The predicted octanol–water partition coefficient (Wildman–Crippen LogP) is 3.14. The van der Waals surface area contributed by atoms with Gasteiger partial charge in [0.05, 0.1) is 0 Å². The third-order valence-corrected chi connectivity index (χ3v) is 2.94. The quantitative estimate of drug-likeness (QED) is 0.754. The van der Waals surface area contributed by atoms with E-state index in [4.69, 9.17) is 12.2 Å². The Hall–Kier alpha value is -2.21. The maximum absolute atomic E-state index is 5.18. The van der Waals surface area contributed by atoms with Gasteiger partial charge in [0.1, 0.15) is 0 Å². The second kappa shape index (κ2) is 6.99. The lowest BCUT2D eigenvalue weighted by molar-refractivity contribution is 0.979. The molecule has 0 spiro atoms. The lowest BCUT2D eigenvalue weighted by Crippen LogP contribution is -2.27. The minimum atomic E-state index is 0.596. The summed E-state index contributed by atoms with van der Waals surface area (Å²) in [6.07, 6.45) is 0. The van der Waals surface area contributed by atoms with E-state index in [1.807, 2.05) is 51.1 Å². The van der Waals surface area contributed by atoms with Crippen molar-refractivity contribution in [1.29, 1.82) is 0 Å². The van der Waals surface area contributed by atoms with Crippen LogP contribution in [0.5, 0.6) is 0 Å². The summed E-state index contributed by atoms with van der Waals surface area (Å²) in [7, 11) is 0. The molecule has 1 aromatic heterocycles. The van der Waals surface area contributed by atoms with Gasteiger partial charge in [0.15, 0.2) is 5.11 Å². The fraction of sp³-hybridized carbons (Fsp3) is 0.267. The first-order valence-corrected chi connectivity index (χ1v) is 7.22.